The molecule has 0 atom stereocenters. The number of nitrogens with zero attached hydrogens (tertiary/aromatic N) is 2. The van der Waals surface area contributed by atoms with E-state index < -0.39 is 0 Å². The second kappa shape index (κ2) is 15.3. The van der Waals surface area contributed by atoms with Crippen LogP contribution in [0.3, 0.4) is 0 Å². The van der Waals surface area contributed by atoms with Crippen LogP contribution in [0.2, 0.25) is 0 Å². The summed E-state index contributed by atoms with van der Waals surface area (Å²) >= 11 is 0. The standard InChI is InChI=1S/C60H58N2O/c1-38(2)48-35-43(54-44(41-21-12-8-13-22-41)29-30-50-55(54)60(31-16-9-17-32-60)34-33-59(50,5)6)36-49(39(3)4)56(48)62-52-26-15-14-25-51(52)61-58(62)47-24-18-23-46-45-28-27-42(37-53(45)63-57(46)47)40-19-10-7-11-20-40/h7-8,10-15,18-30,35-39H,9,16-17,31-34H2,1-6H3. The zero-order chi connectivity index (χ0) is 43.0. The fourth-order valence-electron chi connectivity index (χ4n) is 11.6. The van der Waals surface area contributed by atoms with Gasteiger partial charge in [-0.05, 0) is 146 Å². The van der Waals surface area contributed by atoms with Crippen molar-refractivity contribution in [2.24, 2.45) is 0 Å². The van der Waals surface area contributed by atoms with Crippen molar-refractivity contribution < 1.29 is 4.42 Å². The first-order chi connectivity index (χ1) is 30.6. The Morgan fingerprint density at radius 1 is 0.556 bits per heavy atom. The lowest BCUT2D eigenvalue weighted by Crippen LogP contribution is -2.40. The van der Waals surface area contributed by atoms with E-state index in [0.29, 0.717) is 0 Å². The Hall–Kier alpha value is -6.19. The van der Waals surface area contributed by atoms with Crippen molar-refractivity contribution in [1.82, 2.24) is 9.55 Å². The third-order valence-electron chi connectivity index (χ3n) is 14.9. The Morgan fingerprint density at radius 2 is 1.24 bits per heavy atom. The maximum atomic E-state index is 6.95. The first kappa shape index (κ1) is 39.6. The van der Waals surface area contributed by atoms with Crippen molar-refractivity contribution in [3.63, 3.8) is 0 Å². The maximum absolute atomic E-state index is 6.95. The molecule has 2 aliphatic carbocycles. The van der Waals surface area contributed by atoms with Crippen molar-refractivity contribution in [3.05, 3.63) is 168 Å². The van der Waals surface area contributed by atoms with Gasteiger partial charge in [0.25, 0.3) is 0 Å². The lowest BCUT2D eigenvalue weighted by atomic mass is 9.55. The maximum Gasteiger partial charge on any atom is 0.149 e. The van der Waals surface area contributed by atoms with E-state index in [1.807, 2.05) is 0 Å². The summed E-state index contributed by atoms with van der Waals surface area (Å²) in [7, 11) is 0. The lowest BCUT2D eigenvalue weighted by molar-refractivity contribution is 0.223. The van der Waals surface area contributed by atoms with Crippen LogP contribution in [-0.2, 0) is 10.8 Å². The predicted octanol–water partition coefficient (Wildman–Crippen LogP) is 17.1. The SMILES string of the molecule is CC(C)c1cc(-c2c(-c3ccccc3)ccc3c2C2(CCCCC2)CCC3(C)C)cc(C(C)C)c1-n1c(-c2cccc3c2oc2cc(-c4ccccc4)ccc23)nc2ccccc21. The van der Waals surface area contributed by atoms with Gasteiger partial charge < -0.3 is 4.42 Å². The number of hydrogen-bond donors (Lipinski definition) is 0. The smallest absolute Gasteiger partial charge is 0.149 e. The molecule has 1 spiro atoms. The topological polar surface area (TPSA) is 31.0 Å². The number of rotatable bonds is 7. The normalized spacial score (nSPS) is 15.9. The summed E-state index contributed by atoms with van der Waals surface area (Å²) in [5, 5.41) is 2.22. The first-order valence-corrected chi connectivity index (χ1v) is 23.5. The van der Waals surface area contributed by atoms with Crippen molar-refractivity contribution in [2.45, 2.75) is 109 Å². The molecule has 0 radical (unpaired) electrons. The Balaban J connectivity index is 1.19. The highest BCUT2D eigenvalue weighted by Crippen LogP contribution is 2.57. The van der Waals surface area contributed by atoms with Crippen molar-refractivity contribution in [2.75, 3.05) is 0 Å². The van der Waals surface area contributed by atoms with Gasteiger partial charge in [0.1, 0.15) is 17.0 Å². The van der Waals surface area contributed by atoms with Gasteiger partial charge in [-0.25, -0.2) is 4.98 Å². The predicted molar refractivity (Wildman–Crippen MR) is 265 cm³/mol. The molecule has 0 bridgehead atoms. The molecule has 3 nitrogen and oxygen atoms in total. The van der Waals surface area contributed by atoms with E-state index in [-0.39, 0.29) is 22.7 Å². The summed E-state index contributed by atoms with van der Waals surface area (Å²) in [6.07, 6.45) is 9.01. The number of benzene rings is 7. The molecule has 0 N–H and O–H groups in total. The highest BCUT2D eigenvalue weighted by molar-refractivity contribution is 6.10. The van der Waals surface area contributed by atoms with E-state index in [0.717, 1.165) is 49.9 Å². The van der Waals surface area contributed by atoms with Crippen molar-refractivity contribution in [3.8, 4) is 50.5 Å². The number of para-hydroxylation sites is 3. The van der Waals surface area contributed by atoms with E-state index in [9.17, 15) is 0 Å². The summed E-state index contributed by atoms with van der Waals surface area (Å²) in [5.74, 6) is 1.39. The average molecular weight is 823 g/mol. The second-order valence-corrected chi connectivity index (χ2v) is 19.9. The van der Waals surface area contributed by atoms with E-state index in [2.05, 4.69) is 192 Å². The summed E-state index contributed by atoms with van der Waals surface area (Å²) in [6, 6.07) is 53.8. The minimum atomic E-state index is 0.106. The molecule has 0 aliphatic heterocycles. The molecule has 9 aromatic rings. The Bertz CT molecular complexity index is 3140. The highest BCUT2D eigenvalue weighted by atomic mass is 16.3. The molecule has 1 saturated carbocycles. The van der Waals surface area contributed by atoms with Crippen LogP contribution < -0.4 is 0 Å². The van der Waals surface area contributed by atoms with Crippen molar-refractivity contribution >= 4 is 33.0 Å². The van der Waals surface area contributed by atoms with Gasteiger partial charge in [-0.2, -0.15) is 0 Å². The van der Waals surface area contributed by atoms with Gasteiger partial charge in [-0.1, -0.05) is 164 Å². The molecule has 0 saturated heterocycles. The van der Waals surface area contributed by atoms with Crippen LogP contribution in [-0.4, -0.2) is 9.55 Å². The molecule has 11 rings (SSSR count). The van der Waals surface area contributed by atoms with Crippen LogP contribution in [0.5, 0.6) is 0 Å². The molecule has 314 valence electrons. The molecule has 2 heterocycles. The van der Waals surface area contributed by atoms with Gasteiger partial charge >= 0.3 is 0 Å². The van der Waals surface area contributed by atoms with Gasteiger partial charge in [-0.15, -0.1) is 0 Å². The third-order valence-corrected chi connectivity index (χ3v) is 14.9. The minimum Gasteiger partial charge on any atom is -0.455 e. The molecule has 1 fully saturated rings. The molecule has 0 amide bonds. The molecular formula is C60H58N2O. The van der Waals surface area contributed by atoms with Crippen LogP contribution >= 0.6 is 0 Å². The molecule has 0 unspecified atom stereocenters. The van der Waals surface area contributed by atoms with Crippen molar-refractivity contribution in [1.29, 1.82) is 0 Å². The largest absolute Gasteiger partial charge is 0.455 e. The zero-order valence-electron chi connectivity index (χ0n) is 37.8. The van der Waals surface area contributed by atoms with Crippen LogP contribution in [0.15, 0.2) is 150 Å². The van der Waals surface area contributed by atoms with E-state index in [4.69, 9.17) is 9.40 Å². The van der Waals surface area contributed by atoms with E-state index in [1.165, 1.54) is 89.6 Å². The summed E-state index contributed by atoms with van der Waals surface area (Å²) in [5.41, 5.74) is 20.0. The number of imidazole rings is 1. The first-order valence-electron chi connectivity index (χ1n) is 23.5. The monoisotopic (exact) mass is 822 g/mol. The minimum absolute atomic E-state index is 0.106. The molecular weight excluding hydrogens is 765 g/mol. The number of furan rings is 1. The summed E-state index contributed by atoms with van der Waals surface area (Å²) < 4.78 is 9.42. The summed E-state index contributed by atoms with van der Waals surface area (Å²) in [4.78, 5) is 5.51. The zero-order valence-corrected chi connectivity index (χ0v) is 37.8. The third kappa shape index (κ3) is 6.49. The van der Waals surface area contributed by atoms with Crippen LogP contribution in [0.25, 0.3) is 83.4 Å². The van der Waals surface area contributed by atoms with Crippen LogP contribution in [0.1, 0.15) is 121 Å². The molecule has 2 aromatic heterocycles. The summed E-state index contributed by atoms with van der Waals surface area (Å²) in [6.45, 7) is 14.5. The molecule has 2 aliphatic rings. The van der Waals surface area contributed by atoms with Gasteiger partial charge in [0.05, 0.1) is 22.3 Å². The molecule has 3 heteroatoms. The quantitative estimate of drug-likeness (QED) is 0.160. The van der Waals surface area contributed by atoms with E-state index in [1.54, 1.807) is 11.1 Å². The lowest BCUT2D eigenvalue weighted by Gasteiger charge is -2.49. The fraction of sp³-hybridized carbons (Fsp3) is 0.283. The van der Waals surface area contributed by atoms with Crippen LogP contribution in [0.4, 0.5) is 0 Å². The second-order valence-electron chi connectivity index (χ2n) is 19.9. The van der Waals surface area contributed by atoms with Gasteiger partial charge in [0, 0.05) is 10.8 Å². The van der Waals surface area contributed by atoms with Crippen LogP contribution in [0, 0.1) is 0 Å². The average Bonchev–Trinajstić information content (AvgIpc) is 3.89. The number of hydrogen-bond acceptors (Lipinski definition) is 2. The Labute approximate surface area is 372 Å². The number of fused-ring (bicyclic) bond motifs is 6. The Kier molecular flexibility index (Phi) is 9.60. The van der Waals surface area contributed by atoms with Gasteiger partial charge in [0.15, 0.2) is 0 Å². The van der Waals surface area contributed by atoms with Gasteiger partial charge in [0.2, 0.25) is 0 Å². The van der Waals surface area contributed by atoms with E-state index >= 15 is 0 Å². The molecule has 63 heavy (non-hydrogen) atoms. The fourth-order valence-corrected chi connectivity index (χ4v) is 11.6. The Morgan fingerprint density at radius 3 is 1.95 bits per heavy atom. The molecule has 7 aromatic carbocycles. The highest BCUT2D eigenvalue weighted by Gasteiger charge is 2.45. The number of aromatic nitrogens is 2. The van der Waals surface area contributed by atoms with Gasteiger partial charge in [-0.3, -0.25) is 4.57 Å².